The van der Waals surface area contributed by atoms with Crippen molar-refractivity contribution in [1.29, 1.82) is 0 Å². The van der Waals surface area contributed by atoms with Crippen molar-refractivity contribution in [3.63, 3.8) is 0 Å². The number of carboxylic acid groups (broad SMARTS) is 1. The highest BCUT2D eigenvalue weighted by molar-refractivity contribution is 6.33. The topological polar surface area (TPSA) is 55.8 Å². The van der Waals surface area contributed by atoms with Crippen LogP contribution in [0.1, 0.15) is 35.2 Å². The molecule has 116 valence electrons. The summed E-state index contributed by atoms with van der Waals surface area (Å²) in [5.41, 5.74) is -1.57. The van der Waals surface area contributed by atoms with Gasteiger partial charge in [-0.05, 0) is 25.0 Å². The van der Waals surface area contributed by atoms with Crippen LogP contribution in [0.5, 0.6) is 5.75 Å². The van der Waals surface area contributed by atoms with Crippen LogP contribution in [-0.2, 0) is 10.9 Å². The number of benzene rings is 1. The normalized spacial score (nSPS) is 19.3. The van der Waals surface area contributed by atoms with Crippen LogP contribution in [0.25, 0.3) is 0 Å². The zero-order chi connectivity index (χ0) is 15.6. The van der Waals surface area contributed by atoms with Crippen LogP contribution in [0.15, 0.2) is 12.1 Å². The number of hydrogen-bond acceptors (Lipinski definition) is 3. The van der Waals surface area contributed by atoms with E-state index in [0.29, 0.717) is 19.1 Å². The largest absolute Gasteiger partial charge is 0.478 e. The summed E-state index contributed by atoms with van der Waals surface area (Å²) in [5.74, 6) is -1.93. The Morgan fingerprint density at radius 2 is 2.10 bits per heavy atom. The highest BCUT2D eigenvalue weighted by Crippen LogP contribution is 2.42. The number of aromatic carboxylic acids is 1. The Morgan fingerprint density at radius 3 is 2.62 bits per heavy atom. The Morgan fingerprint density at radius 1 is 1.38 bits per heavy atom. The van der Waals surface area contributed by atoms with E-state index in [4.69, 9.17) is 26.2 Å². The van der Waals surface area contributed by atoms with Gasteiger partial charge in [0.25, 0.3) is 0 Å². The van der Waals surface area contributed by atoms with Gasteiger partial charge in [-0.2, -0.15) is 13.2 Å². The average molecular weight is 325 g/mol. The zero-order valence-electron chi connectivity index (χ0n) is 10.7. The fraction of sp³-hybridized carbons (Fsp3) is 0.462. The van der Waals surface area contributed by atoms with Crippen molar-refractivity contribution in [1.82, 2.24) is 0 Å². The predicted octanol–water partition coefficient (Wildman–Crippen LogP) is 3.96. The Labute approximate surface area is 123 Å². The summed E-state index contributed by atoms with van der Waals surface area (Å²) in [6, 6.07) is 1.45. The quantitative estimate of drug-likeness (QED) is 0.914. The van der Waals surface area contributed by atoms with E-state index in [1.807, 2.05) is 0 Å². The molecule has 1 aromatic rings. The Balaban J connectivity index is 2.41. The lowest BCUT2D eigenvalue weighted by Crippen LogP contribution is -2.26. The summed E-state index contributed by atoms with van der Waals surface area (Å²) in [7, 11) is 0. The van der Waals surface area contributed by atoms with Gasteiger partial charge in [0.15, 0.2) is 12.0 Å². The lowest BCUT2D eigenvalue weighted by molar-refractivity contribution is -0.138. The third kappa shape index (κ3) is 3.59. The molecular formula is C13H12ClF3O4. The van der Waals surface area contributed by atoms with Gasteiger partial charge in [-0.1, -0.05) is 11.6 Å². The van der Waals surface area contributed by atoms with Crippen molar-refractivity contribution < 1.29 is 32.5 Å². The highest BCUT2D eigenvalue weighted by atomic mass is 35.5. The number of carboxylic acids is 1. The van der Waals surface area contributed by atoms with Crippen molar-refractivity contribution in [2.75, 3.05) is 6.61 Å². The second kappa shape index (κ2) is 6.11. The first-order valence-electron chi connectivity index (χ1n) is 6.22. The van der Waals surface area contributed by atoms with Gasteiger partial charge >= 0.3 is 12.1 Å². The minimum absolute atomic E-state index is 0.406. The molecular weight excluding hydrogens is 313 g/mol. The molecule has 1 unspecified atom stereocenters. The van der Waals surface area contributed by atoms with Crippen LogP contribution in [0.4, 0.5) is 13.2 Å². The lowest BCUT2D eigenvalue weighted by atomic mass is 10.1. The fourth-order valence-corrected chi connectivity index (χ4v) is 2.31. The molecule has 0 bridgehead atoms. The second-order valence-electron chi connectivity index (χ2n) is 4.52. The number of ether oxygens (including phenoxy) is 2. The van der Waals surface area contributed by atoms with Crippen LogP contribution >= 0.6 is 11.6 Å². The average Bonchev–Trinajstić information content (AvgIpc) is 2.40. The minimum Gasteiger partial charge on any atom is -0.478 e. The van der Waals surface area contributed by atoms with Gasteiger partial charge < -0.3 is 14.6 Å². The van der Waals surface area contributed by atoms with Crippen molar-refractivity contribution in [3.05, 3.63) is 28.3 Å². The minimum atomic E-state index is -4.69. The first-order valence-corrected chi connectivity index (χ1v) is 6.59. The van der Waals surface area contributed by atoms with Gasteiger partial charge in [0.2, 0.25) is 0 Å². The Bertz CT molecular complexity index is 539. The first-order chi connectivity index (χ1) is 9.80. The molecule has 21 heavy (non-hydrogen) atoms. The van der Waals surface area contributed by atoms with E-state index in [2.05, 4.69) is 0 Å². The third-order valence-electron chi connectivity index (χ3n) is 3.02. The van der Waals surface area contributed by atoms with Gasteiger partial charge in [0.1, 0.15) is 5.56 Å². The van der Waals surface area contributed by atoms with Crippen LogP contribution in [0.3, 0.4) is 0 Å². The number of halogens is 4. The molecule has 1 saturated heterocycles. The van der Waals surface area contributed by atoms with Crippen LogP contribution < -0.4 is 4.74 Å². The van der Waals surface area contributed by atoms with Crippen LogP contribution in [0, 0.1) is 0 Å². The van der Waals surface area contributed by atoms with Gasteiger partial charge in [-0.25, -0.2) is 4.79 Å². The molecule has 1 aromatic carbocycles. The maximum Gasteiger partial charge on any atom is 0.417 e. The van der Waals surface area contributed by atoms with E-state index in [1.165, 1.54) is 0 Å². The van der Waals surface area contributed by atoms with Crippen molar-refractivity contribution in [2.45, 2.75) is 31.7 Å². The molecule has 0 aliphatic carbocycles. The molecule has 1 fully saturated rings. The molecule has 1 N–H and O–H groups in total. The lowest BCUT2D eigenvalue weighted by Gasteiger charge is -2.25. The van der Waals surface area contributed by atoms with E-state index in [9.17, 15) is 18.0 Å². The van der Waals surface area contributed by atoms with Gasteiger partial charge in [0, 0.05) is 6.42 Å². The SMILES string of the molecule is O=C(O)c1ccc(C(F)(F)F)c(Cl)c1OC1CCCCO1. The number of carbonyl (C=O) groups is 1. The molecule has 1 aliphatic rings. The molecule has 2 rings (SSSR count). The molecule has 0 radical (unpaired) electrons. The fourth-order valence-electron chi connectivity index (χ4n) is 1.99. The monoisotopic (exact) mass is 324 g/mol. The standard InChI is InChI=1S/C13H12ClF3O4/c14-10-8(13(15,16)17)5-4-7(12(18)19)11(10)21-9-3-1-2-6-20-9/h4-5,9H,1-3,6H2,(H,18,19). The summed E-state index contributed by atoms with van der Waals surface area (Å²) in [4.78, 5) is 11.1. The molecule has 4 nitrogen and oxygen atoms in total. The summed E-state index contributed by atoms with van der Waals surface area (Å²) >= 11 is 5.70. The van der Waals surface area contributed by atoms with E-state index < -0.39 is 40.3 Å². The van der Waals surface area contributed by atoms with Crippen molar-refractivity contribution in [2.24, 2.45) is 0 Å². The molecule has 8 heteroatoms. The van der Waals surface area contributed by atoms with Crippen molar-refractivity contribution in [3.8, 4) is 5.75 Å². The summed E-state index contributed by atoms with van der Waals surface area (Å²) in [5, 5.41) is 8.29. The maximum atomic E-state index is 12.8. The molecule has 0 aromatic heterocycles. The van der Waals surface area contributed by atoms with E-state index in [-0.39, 0.29) is 0 Å². The highest BCUT2D eigenvalue weighted by Gasteiger charge is 2.36. The predicted molar refractivity (Wildman–Crippen MR) is 67.6 cm³/mol. The van der Waals surface area contributed by atoms with Crippen molar-refractivity contribution >= 4 is 17.6 Å². The number of alkyl halides is 3. The van der Waals surface area contributed by atoms with Gasteiger partial charge in [-0.3, -0.25) is 0 Å². The summed E-state index contributed by atoms with van der Waals surface area (Å²) in [6.07, 6.45) is -3.42. The number of rotatable bonds is 3. The Hall–Kier alpha value is -1.47. The third-order valence-corrected chi connectivity index (χ3v) is 3.40. The summed E-state index contributed by atoms with van der Waals surface area (Å²) < 4.78 is 49.0. The molecule has 0 saturated carbocycles. The first kappa shape index (κ1) is 15.9. The summed E-state index contributed by atoms with van der Waals surface area (Å²) in [6.45, 7) is 0.406. The van der Waals surface area contributed by atoms with E-state index in [1.54, 1.807) is 0 Å². The molecule has 1 aliphatic heterocycles. The molecule has 1 atom stereocenters. The molecule has 0 spiro atoms. The molecule has 1 heterocycles. The van der Waals surface area contributed by atoms with Crippen LogP contribution in [-0.4, -0.2) is 24.0 Å². The molecule has 0 amide bonds. The smallest absolute Gasteiger partial charge is 0.417 e. The van der Waals surface area contributed by atoms with Gasteiger partial charge in [0.05, 0.1) is 17.2 Å². The second-order valence-corrected chi connectivity index (χ2v) is 4.90. The van der Waals surface area contributed by atoms with E-state index in [0.717, 1.165) is 18.9 Å². The Kier molecular flexibility index (Phi) is 4.63. The maximum absolute atomic E-state index is 12.8. The zero-order valence-corrected chi connectivity index (χ0v) is 11.5. The van der Waals surface area contributed by atoms with E-state index >= 15 is 0 Å². The van der Waals surface area contributed by atoms with Crippen LogP contribution in [0.2, 0.25) is 5.02 Å². The van der Waals surface area contributed by atoms with Gasteiger partial charge in [-0.15, -0.1) is 0 Å². The number of hydrogen-bond donors (Lipinski definition) is 1.